The lowest BCUT2D eigenvalue weighted by Crippen LogP contribution is -2.01. The molecule has 9 rings (SSSR count). The van der Waals surface area contributed by atoms with Crippen molar-refractivity contribution in [3.63, 3.8) is 0 Å². The molecule has 0 unspecified atom stereocenters. The van der Waals surface area contributed by atoms with Gasteiger partial charge >= 0.3 is 0 Å². The summed E-state index contributed by atoms with van der Waals surface area (Å²) in [4.78, 5) is 15.5. The molecule has 0 atom stereocenters. The number of benzene rings is 8. The van der Waals surface area contributed by atoms with Crippen molar-refractivity contribution < 1.29 is 0 Å². The maximum atomic E-state index is 5.21. The molecular weight excluding hydrogens is 655 g/mol. The minimum absolute atomic E-state index is 0.622. The molecule has 3 nitrogen and oxygen atoms in total. The molecule has 8 aromatic carbocycles. The van der Waals surface area contributed by atoms with Gasteiger partial charge in [-0.2, -0.15) is 0 Å². The molecule has 1 aromatic heterocycles. The quantitative estimate of drug-likeness (QED) is 0.159. The molecule has 0 saturated carbocycles. The van der Waals surface area contributed by atoms with Crippen molar-refractivity contribution in [2.45, 2.75) is 0 Å². The monoisotopic (exact) mass is 689 g/mol. The Morgan fingerprint density at radius 1 is 0.185 bits per heavy atom. The van der Waals surface area contributed by atoms with Gasteiger partial charge in [0.15, 0.2) is 17.5 Å². The summed E-state index contributed by atoms with van der Waals surface area (Å²) in [5.41, 5.74) is 14.2. The average Bonchev–Trinajstić information content (AvgIpc) is 3.27. The highest BCUT2D eigenvalue weighted by Crippen LogP contribution is 2.36. The number of rotatable bonds is 8. The molecule has 54 heavy (non-hydrogen) atoms. The fourth-order valence-electron chi connectivity index (χ4n) is 6.90. The van der Waals surface area contributed by atoms with E-state index in [0.717, 1.165) is 55.6 Å². The van der Waals surface area contributed by atoms with Crippen LogP contribution in [-0.4, -0.2) is 15.0 Å². The highest BCUT2D eigenvalue weighted by molar-refractivity contribution is 5.86. The largest absolute Gasteiger partial charge is 0.208 e. The van der Waals surface area contributed by atoms with Crippen LogP contribution in [0.3, 0.4) is 0 Å². The normalized spacial score (nSPS) is 11.0. The van der Waals surface area contributed by atoms with E-state index in [-0.39, 0.29) is 0 Å². The summed E-state index contributed by atoms with van der Waals surface area (Å²) in [6.07, 6.45) is 0. The molecule has 0 bridgehead atoms. The van der Waals surface area contributed by atoms with Crippen molar-refractivity contribution in [1.29, 1.82) is 0 Å². The highest BCUT2D eigenvalue weighted by Gasteiger charge is 2.17. The van der Waals surface area contributed by atoms with Gasteiger partial charge in [0.1, 0.15) is 0 Å². The summed E-state index contributed by atoms with van der Waals surface area (Å²) in [5.74, 6) is 1.87. The summed E-state index contributed by atoms with van der Waals surface area (Å²) in [7, 11) is 0. The van der Waals surface area contributed by atoms with Crippen LogP contribution in [0.5, 0.6) is 0 Å². The van der Waals surface area contributed by atoms with Crippen LogP contribution < -0.4 is 0 Å². The molecule has 0 aliphatic carbocycles. The van der Waals surface area contributed by atoms with Crippen molar-refractivity contribution in [2.24, 2.45) is 0 Å². The van der Waals surface area contributed by atoms with E-state index in [4.69, 9.17) is 15.0 Å². The van der Waals surface area contributed by atoms with Crippen LogP contribution in [-0.2, 0) is 0 Å². The molecule has 0 spiro atoms. The third-order valence-electron chi connectivity index (χ3n) is 9.81. The minimum Gasteiger partial charge on any atom is -0.208 e. The van der Waals surface area contributed by atoms with E-state index >= 15 is 0 Å². The minimum atomic E-state index is 0.622. The molecule has 0 aliphatic heterocycles. The molecule has 0 radical (unpaired) electrons. The van der Waals surface area contributed by atoms with E-state index in [1.807, 2.05) is 24.3 Å². The lowest BCUT2D eigenvalue weighted by molar-refractivity contribution is 1.07. The summed E-state index contributed by atoms with van der Waals surface area (Å²) in [6.45, 7) is 0. The first kappa shape index (κ1) is 32.7. The standard InChI is InChI=1S/C51H35N3/c1-5-13-36(14-6-1)39-21-23-41(24-22-39)42-27-31-45(32-28-42)50-52-49(44-29-25-40(26-30-44)37-15-7-2-8-16-37)53-51(54-50)48-35-46(38-17-9-3-10-18-38)33-34-47(48)43-19-11-4-12-20-43/h1-35H. The second-order valence-corrected chi connectivity index (χ2v) is 13.3. The summed E-state index contributed by atoms with van der Waals surface area (Å²) in [6, 6.07) is 74.1. The van der Waals surface area contributed by atoms with Crippen molar-refractivity contribution in [1.82, 2.24) is 15.0 Å². The second kappa shape index (κ2) is 14.8. The van der Waals surface area contributed by atoms with E-state index in [9.17, 15) is 0 Å². The van der Waals surface area contributed by atoms with Crippen LogP contribution in [0.4, 0.5) is 0 Å². The Hall–Kier alpha value is -7.23. The Balaban J connectivity index is 1.15. The zero-order valence-electron chi connectivity index (χ0n) is 29.5. The molecule has 9 aromatic rings. The predicted molar refractivity (Wildman–Crippen MR) is 223 cm³/mol. The van der Waals surface area contributed by atoms with Gasteiger partial charge in [-0.1, -0.05) is 206 Å². The highest BCUT2D eigenvalue weighted by atomic mass is 15.0. The van der Waals surface area contributed by atoms with Gasteiger partial charge in [-0.3, -0.25) is 0 Å². The van der Waals surface area contributed by atoms with Crippen LogP contribution in [0.2, 0.25) is 0 Å². The summed E-state index contributed by atoms with van der Waals surface area (Å²) >= 11 is 0. The number of aromatic nitrogens is 3. The van der Waals surface area contributed by atoms with E-state index in [2.05, 4.69) is 188 Å². The summed E-state index contributed by atoms with van der Waals surface area (Å²) < 4.78 is 0. The van der Waals surface area contributed by atoms with Crippen molar-refractivity contribution in [3.8, 4) is 89.8 Å². The fraction of sp³-hybridized carbons (Fsp3) is 0. The van der Waals surface area contributed by atoms with Gasteiger partial charge in [0, 0.05) is 16.7 Å². The lowest BCUT2D eigenvalue weighted by atomic mass is 9.94. The third kappa shape index (κ3) is 6.87. The number of hydrogen-bond acceptors (Lipinski definition) is 3. The zero-order valence-corrected chi connectivity index (χ0v) is 29.5. The van der Waals surface area contributed by atoms with Gasteiger partial charge in [0.05, 0.1) is 0 Å². The molecule has 0 fully saturated rings. The molecule has 1 heterocycles. The molecular formula is C51H35N3. The second-order valence-electron chi connectivity index (χ2n) is 13.3. The smallest absolute Gasteiger partial charge is 0.164 e. The molecule has 0 amide bonds. The van der Waals surface area contributed by atoms with E-state index in [1.54, 1.807) is 0 Å². The van der Waals surface area contributed by atoms with Crippen LogP contribution in [0, 0.1) is 0 Å². The van der Waals surface area contributed by atoms with Gasteiger partial charge in [0.2, 0.25) is 0 Å². The maximum Gasteiger partial charge on any atom is 0.164 e. The van der Waals surface area contributed by atoms with Crippen LogP contribution in [0.25, 0.3) is 89.8 Å². The van der Waals surface area contributed by atoms with Crippen LogP contribution >= 0.6 is 0 Å². The molecule has 3 heteroatoms. The topological polar surface area (TPSA) is 38.7 Å². The van der Waals surface area contributed by atoms with Crippen molar-refractivity contribution >= 4 is 0 Å². The van der Waals surface area contributed by atoms with Gasteiger partial charge < -0.3 is 0 Å². The van der Waals surface area contributed by atoms with Gasteiger partial charge in [-0.05, 0) is 61.7 Å². The number of nitrogens with zero attached hydrogens (tertiary/aromatic N) is 3. The first-order chi connectivity index (χ1) is 26.7. The Bertz CT molecular complexity index is 2640. The Morgan fingerprint density at radius 2 is 0.463 bits per heavy atom. The van der Waals surface area contributed by atoms with Crippen molar-refractivity contribution in [3.05, 3.63) is 212 Å². The van der Waals surface area contributed by atoms with Gasteiger partial charge in [-0.25, -0.2) is 15.0 Å². The van der Waals surface area contributed by atoms with Gasteiger partial charge in [-0.15, -0.1) is 0 Å². The summed E-state index contributed by atoms with van der Waals surface area (Å²) in [5, 5.41) is 0. The average molecular weight is 690 g/mol. The van der Waals surface area contributed by atoms with E-state index in [0.29, 0.717) is 17.5 Å². The van der Waals surface area contributed by atoms with Crippen molar-refractivity contribution in [2.75, 3.05) is 0 Å². The fourth-order valence-corrected chi connectivity index (χ4v) is 6.90. The van der Waals surface area contributed by atoms with Crippen LogP contribution in [0.15, 0.2) is 212 Å². The van der Waals surface area contributed by atoms with Gasteiger partial charge in [0.25, 0.3) is 0 Å². The third-order valence-corrected chi connectivity index (χ3v) is 9.81. The number of hydrogen-bond donors (Lipinski definition) is 0. The maximum absolute atomic E-state index is 5.21. The molecule has 0 N–H and O–H groups in total. The SMILES string of the molecule is c1ccc(-c2ccc(-c3ccc(-c4nc(-c5ccc(-c6ccccc6)cc5)nc(-c5cc(-c6ccccc6)ccc5-c5ccccc5)n4)cc3)cc2)cc1. The molecule has 0 saturated heterocycles. The molecule has 0 aliphatic rings. The van der Waals surface area contributed by atoms with E-state index in [1.165, 1.54) is 16.7 Å². The van der Waals surface area contributed by atoms with Crippen LogP contribution in [0.1, 0.15) is 0 Å². The first-order valence-electron chi connectivity index (χ1n) is 18.2. The van der Waals surface area contributed by atoms with E-state index < -0.39 is 0 Å². The Labute approximate surface area is 316 Å². The molecule has 254 valence electrons. The first-order valence-corrected chi connectivity index (χ1v) is 18.2. The Morgan fingerprint density at radius 3 is 0.852 bits per heavy atom. The predicted octanol–water partition coefficient (Wildman–Crippen LogP) is 13.2. The zero-order chi connectivity index (χ0) is 36.1. The Kier molecular flexibility index (Phi) is 8.94. The lowest BCUT2D eigenvalue weighted by Gasteiger charge is -2.14.